The first-order chi connectivity index (χ1) is 9.84. The van der Waals surface area contributed by atoms with Gasteiger partial charge in [0.2, 0.25) is 0 Å². The fourth-order valence-corrected chi connectivity index (χ4v) is 2.45. The van der Waals surface area contributed by atoms with Gasteiger partial charge in [0.05, 0.1) is 20.3 Å². The molecule has 116 valence electrons. The Morgan fingerprint density at radius 2 is 2.10 bits per heavy atom. The number of rotatable bonds is 2. The van der Waals surface area contributed by atoms with E-state index in [9.17, 15) is 9.90 Å². The third kappa shape index (κ3) is 3.67. The highest BCUT2D eigenvalue weighted by atomic mass is 16.6. The second-order valence-corrected chi connectivity index (χ2v) is 6.25. The van der Waals surface area contributed by atoms with Gasteiger partial charge in [-0.25, -0.2) is 4.79 Å². The second-order valence-electron chi connectivity index (χ2n) is 6.25. The largest absolute Gasteiger partial charge is 0.496 e. The minimum absolute atomic E-state index is 0.0145. The fourth-order valence-electron chi connectivity index (χ4n) is 2.45. The standard InChI is InChI=1S/C16H23NO4/c1-16(2,3)21-15(19)17-6-5-12-7-11(10-18)8-14(20-4)13(12)9-17/h7-8,18H,5-6,9-10H2,1-4H3. The summed E-state index contributed by atoms with van der Waals surface area (Å²) in [5.74, 6) is 0.713. The van der Waals surface area contributed by atoms with Crippen LogP contribution in [-0.2, 0) is 24.3 Å². The summed E-state index contributed by atoms with van der Waals surface area (Å²) in [7, 11) is 1.60. The number of carbonyl (C=O) groups is 1. The van der Waals surface area contributed by atoms with E-state index in [-0.39, 0.29) is 12.7 Å². The Balaban J connectivity index is 2.22. The Hall–Kier alpha value is -1.75. The number of aliphatic hydroxyl groups is 1. The van der Waals surface area contributed by atoms with E-state index in [1.807, 2.05) is 32.9 Å². The Kier molecular flexibility index (Phi) is 4.42. The zero-order chi connectivity index (χ0) is 15.6. The molecule has 0 aliphatic carbocycles. The molecule has 0 spiro atoms. The van der Waals surface area contributed by atoms with Gasteiger partial charge in [-0.3, -0.25) is 0 Å². The third-order valence-corrected chi connectivity index (χ3v) is 3.42. The number of hydrogen-bond donors (Lipinski definition) is 1. The number of amides is 1. The summed E-state index contributed by atoms with van der Waals surface area (Å²) in [6.07, 6.45) is 0.431. The highest BCUT2D eigenvalue weighted by Crippen LogP contribution is 2.30. The lowest BCUT2D eigenvalue weighted by molar-refractivity contribution is 0.0222. The Morgan fingerprint density at radius 3 is 2.67 bits per heavy atom. The van der Waals surface area contributed by atoms with E-state index in [0.29, 0.717) is 18.8 Å². The van der Waals surface area contributed by atoms with Crippen LogP contribution in [-0.4, -0.2) is 35.4 Å². The normalized spacial score (nSPS) is 14.6. The first-order valence-electron chi connectivity index (χ1n) is 7.11. The van der Waals surface area contributed by atoms with Crippen LogP contribution in [0.3, 0.4) is 0 Å². The maximum Gasteiger partial charge on any atom is 0.410 e. The fraction of sp³-hybridized carbons (Fsp3) is 0.562. The van der Waals surface area contributed by atoms with Crippen LogP contribution < -0.4 is 4.74 Å². The maximum atomic E-state index is 12.2. The summed E-state index contributed by atoms with van der Waals surface area (Å²) in [4.78, 5) is 13.9. The lowest BCUT2D eigenvalue weighted by Crippen LogP contribution is -2.40. The van der Waals surface area contributed by atoms with E-state index in [2.05, 4.69) is 0 Å². The van der Waals surface area contributed by atoms with Crippen molar-refractivity contribution in [3.8, 4) is 5.75 Å². The van der Waals surface area contributed by atoms with E-state index < -0.39 is 5.60 Å². The number of nitrogens with zero attached hydrogens (tertiary/aromatic N) is 1. The molecule has 0 saturated carbocycles. The first-order valence-corrected chi connectivity index (χ1v) is 7.11. The molecule has 2 rings (SSSR count). The van der Waals surface area contributed by atoms with E-state index >= 15 is 0 Å². The SMILES string of the molecule is COc1cc(CO)cc2c1CN(C(=O)OC(C)(C)C)CC2. The molecule has 1 N–H and O–H groups in total. The monoisotopic (exact) mass is 293 g/mol. The topological polar surface area (TPSA) is 59.0 Å². The minimum atomic E-state index is -0.498. The van der Waals surface area contributed by atoms with Crippen molar-refractivity contribution in [2.24, 2.45) is 0 Å². The zero-order valence-corrected chi connectivity index (χ0v) is 13.1. The van der Waals surface area contributed by atoms with Crippen LogP contribution in [0.5, 0.6) is 5.75 Å². The van der Waals surface area contributed by atoms with Crippen LogP contribution in [0.4, 0.5) is 4.79 Å². The van der Waals surface area contributed by atoms with Crippen LogP contribution in [0.2, 0.25) is 0 Å². The first kappa shape index (κ1) is 15.6. The van der Waals surface area contributed by atoms with E-state index in [4.69, 9.17) is 9.47 Å². The molecule has 1 heterocycles. The van der Waals surface area contributed by atoms with Gasteiger partial charge in [-0.15, -0.1) is 0 Å². The van der Waals surface area contributed by atoms with Crippen molar-refractivity contribution in [2.75, 3.05) is 13.7 Å². The molecule has 1 aromatic carbocycles. The Labute approximate surface area is 125 Å². The van der Waals surface area contributed by atoms with Gasteiger partial charge in [0.25, 0.3) is 0 Å². The van der Waals surface area contributed by atoms with Gasteiger partial charge >= 0.3 is 6.09 Å². The molecule has 1 aliphatic rings. The van der Waals surface area contributed by atoms with Crippen LogP contribution in [0, 0.1) is 0 Å². The highest BCUT2D eigenvalue weighted by Gasteiger charge is 2.27. The number of ether oxygens (including phenoxy) is 2. The number of benzene rings is 1. The molecule has 0 atom stereocenters. The smallest absolute Gasteiger partial charge is 0.410 e. The lowest BCUT2D eigenvalue weighted by atomic mass is 9.96. The molecule has 0 fully saturated rings. The summed E-state index contributed by atoms with van der Waals surface area (Å²) in [5.41, 5.74) is 2.45. The average Bonchev–Trinajstić information content (AvgIpc) is 2.43. The second kappa shape index (κ2) is 5.93. The van der Waals surface area contributed by atoms with Crippen molar-refractivity contribution in [3.05, 3.63) is 28.8 Å². The van der Waals surface area contributed by atoms with Crippen LogP contribution in [0.1, 0.15) is 37.5 Å². The van der Waals surface area contributed by atoms with Crippen molar-refractivity contribution >= 4 is 6.09 Å². The molecule has 0 unspecified atom stereocenters. The van der Waals surface area contributed by atoms with E-state index in [1.165, 1.54) is 0 Å². The summed E-state index contributed by atoms with van der Waals surface area (Å²) >= 11 is 0. The molecule has 5 heteroatoms. The lowest BCUT2D eigenvalue weighted by Gasteiger charge is -2.32. The molecule has 0 bridgehead atoms. The van der Waals surface area contributed by atoms with E-state index in [0.717, 1.165) is 23.1 Å². The third-order valence-electron chi connectivity index (χ3n) is 3.42. The minimum Gasteiger partial charge on any atom is -0.496 e. The molecular formula is C16H23NO4. The van der Waals surface area contributed by atoms with Crippen molar-refractivity contribution in [1.29, 1.82) is 0 Å². The van der Waals surface area contributed by atoms with Crippen LogP contribution in [0.25, 0.3) is 0 Å². The number of fused-ring (bicyclic) bond motifs is 1. The van der Waals surface area contributed by atoms with Crippen LogP contribution in [0.15, 0.2) is 12.1 Å². The predicted octanol–water partition coefficient (Wildman–Crippen LogP) is 2.48. The number of hydrogen-bond acceptors (Lipinski definition) is 4. The van der Waals surface area contributed by atoms with E-state index in [1.54, 1.807) is 12.0 Å². The summed E-state index contributed by atoms with van der Waals surface area (Å²) in [6, 6.07) is 3.79. The molecule has 0 radical (unpaired) electrons. The molecule has 21 heavy (non-hydrogen) atoms. The molecule has 0 aromatic heterocycles. The maximum absolute atomic E-state index is 12.2. The molecule has 5 nitrogen and oxygen atoms in total. The molecule has 1 aliphatic heterocycles. The van der Waals surface area contributed by atoms with Gasteiger partial charge in [-0.05, 0) is 44.4 Å². The predicted molar refractivity (Wildman–Crippen MR) is 79.3 cm³/mol. The number of methoxy groups -OCH3 is 1. The number of aliphatic hydroxyl groups excluding tert-OH is 1. The van der Waals surface area contributed by atoms with Gasteiger partial charge in [0.1, 0.15) is 11.4 Å². The van der Waals surface area contributed by atoms with Crippen molar-refractivity contribution < 1.29 is 19.4 Å². The zero-order valence-electron chi connectivity index (χ0n) is 13.1. The van der Waals surface area contributed by atoms with Crippen LogP contribution >= 0.6 is 0 Å². The Morgan fingerprint density at radius 1 is 1.38 bits per heavy atom. The van der Waals surface area contributed by atoms with Crippen molar-refractivity contribution in [2.45, 2.75) is 45.9 Å². The average molecular weight is 293 g/mol. The highest BCUT2D eigenvalue weighted by molar-refractivity contribution is 5.69. The summed E-state index contributed by atoms with van der Waals surface area (Å²) < 4.78 is 10.8. The van der Waals surface area contributed by atoms with Gasteiger partial charge in [-0.2, -0.15) is 0 Å². The summed E-state index contributed by atoms with van der Waals surface area (Å²) in [5, 5.41) is 9.29. The molecular weight excluding hydrogens is 270 g/mol. The van der Waals surface area contributed by atoms with Gasteiger partial charge in [-0.1, -0.05) is 6.07 Å². The number of carbonyl (C=O) groups excluding carboxylic acids is 1. The van der Waals surface area contributed by atoms with Crippen molar-refractivity contribution in [1.82, 2.24) is 4.90 Å². The summed E-state index contributed by atoms with van der Waals surface area (Å²) in [6.45, 7) is 6.64. The van der Waals surface area contributed by atoms with Gasteiger partial charge in [0.15, 0.2) is 0 Å². The molecule has 1 aromatic rings. The van der Waals surface area contributed by atoms with Gasteiger partial charge < -0.3 is 19.5 Å². The van der Waals surface area contributed by atoms with Crippen molar-refractivity contribution in [3.63, 3.8) is 0 Å². The molecule has 1 amide bonds. The quantitative estimate of drug-likeness (QED) is 0.910. The molecule has 0 saturated heterocycles. The Bertz CT molecular complexity index is 517. The van der Waals surface area contributed by atoms with Gasteiger partial charge in [0, 0.05) is 12.1 Å².